The van der Waals surface area contributed by atoms with Crippen molar-refractivity contribution in [1.82, 2.24) is 0 Å². The second kappa shape index (κ2) is 14.5. The Kier molecular flexibility index (Phi) is 12.7. The molecule has 4 nitrogen and oxygen atoms in total. The quantitative estimate of drug-likeness (QED) is 0.400. The monoisotopic (exact) mass is 465 g/mol. The van der Waals surface area contributed by atoms with Crippen LogP contribution in [0.1, 0.15) is 17.5 Å². The first kappa shape index (κ1) is 24.5. The van der Waals surface area contributed by atoms with Gasteiger partial charge < -0.3 is 9.80 Å². The summed E-state index contributed by atoms with van der Waals surface area (Å²) in [4.78, 5) is 13.1. The Hall–Kier alpha value is -1.53. The molecule has 0 aliphatic rings. The summed E-state index contributed by atoms with van der Waals surface area (Å²) in [5, 5.41) is 0. The fraction of sp³-hybridized carbons (Fsp3) is 0.333. The maximum atomic E-state index is 4.73. The molecule has 0 aromatic heterocycles. The van der Waals surface area contributed by atoms with E-state index in [1.807, 2.05) is 40.6 Å². The number of rotatable bonds is 8. The van der Waals surface area contributed by atoms with Crippen molar-refractivity contribution in [1.29, 1.82) is 0 Å². The van der Waals surface area contributed by atoms with Crippen molar-refractivity contribution in [3.05, 3.63) is 59.7 Å². The van der Waals surface area contributed by atoms with Crippen LogP contribution in [0.15, 0.2) is 58.5 Å². The van der Waals surface area contributed by atoms with Gasteiger partial charge in [-0.3, -0.25) is 9.98 Å². The van der Waals surface area contributed by atoms with Crippen LogP contribution in [0, 0.1) is 0 Å². The van der Waals surface area contributed by atoms with E-state index in [1.54, 1.807) is 0 Å². The first-order valence-corrected chi connectivity index (χ1v) is 11.7. The Bertz CT molecular complexity index is 653. The molecule has 0 spiro atoms. The van der Waals surface area contributed by atoms with Gasteiger partial charge in [-0.2, -0.15) is 0 Å². The Balaban J connectivity index is 0.00000122. The molecule has 0 amide bonds. The van der Waals surface area contributed by atoms with E-state index in [9.17, 15) is 0 Å². The minimum atomic E-state index is 0.382. The molecule has 0 fully saturated rings. The van der Waals surface area contributed by atoms with Crippen LogP contribution in [0.3, 0.4) is 0 Å². The van der Waals surface area contributed by atoms with Gasteiger partial charge >= 0.3 is 33.2 Å². The van der Waals surface area contributed by atoms with Gasteiger partial charge in [0.15, 0.2) is 0 Å². The van der Waals surface area contributed by atoms with E-state index in [0.717, 1.165) is 30.6 Å². The van der Waals surface area contributed by atoms with Gasteiger partial charge in [-0.1, -0.05) is 24.3 Å². The number of hydrogen-bond donors (Lipinski definition) is 0. The third kappa shape index (κ3) is 10.1. The van der Waals surface area contributed by atoms with Crippen LogP contribution in [0.5, 0.6) is 0 Å². The average Bonchev–Trinajstić information content (AvgIpc) is 2.68. The van der Waals surface area contributed by atoms with Crippen molar-refractivity contribution in [3.8, 4) is 0 Å². The molecule has 155 valence electrons. The van der Waals surface area contributed by atoms with Gasteiger partial charge in [0.05, 0.1) is 0 Å². The fourth-order valence-electron chi connectivity index (χ4n) is 2.31. The Morgan fingerprint density at radius 1 is 0.714 bits per heavy atom. The number of nitrogens with zero attached hydrogens (tertiary/aromatic N) is 4. The predicted octanol–water partition coefficient (Wildman–Crippen LogP) is 5.12. The summed E-state index contributed by atoms with van der Waals surface area (Å²) in [6, 6.07) is 16.8. The van der Waals surface area contributed by atoms with E-state index in [1.165, 1.54) is 11.4 Å². The molecular formula is C21H28Cl2CoN4. The number of hydrogen-bond acceptors (Lipinski definition) is 4. The Morgan fingerprint density at radius 3 is 1.32 bits per heavy atom. The van der Waals surface area contributed by atoms with E-state index in [-0.39, 0.29) is 0 Å². The molecule has 0 bridgehead atoms. The van der Waals surface area contributed by atoms with Crippen LogP contribution in [0.4, 0.5) is 11.4 Å². The van der Waals surface area contributed by atoms with Crippen molar-refractivity contribution < 1.29 is 12.9 Å². The van der Waals surface area contributed by atoms with Gasteiger partial charge in [-0.25, -0.2) is 0 Å². The molecule has 0 heterocycles. The average molecular weight is 466 g/mol. The number of halogens is 2. The third-order valence-corrected chi connectivity index (χ3v) is 3.87. The zero-order valence-electron chi connectivity index (χ0n) is 16.8. The zero-order chi connectivity index (χ0) is 20.8. The summed E-state index contributed by atoms with van der Waals surface area (Å²) in [6.45, 7) is 1.60. The molecule has 2 aromatic carbocycles. The topological polar surface area (TPSA) is 31.2 Å². The molecule has 0 N–H and O–H groups in total. The number of benzene rings is 2. The molecule has 0 atom stereocenters. The van der Waals surface area contributed by atoms with Crippen LogP contribution >= 0.6 is 20.3 Å². The SMILES string of the molecule is CN(C)c1ccc(C=NCCCN=Cc2ccc(N(C)C)cc2)cc1.[Cl][Co][Cl]. The van der Waals surface area contributed by atoms with Crippen LogP contribution in [-0.2, 0) is 12.9 Å². The maximum absolute atomic E-state index is 4.73. The molecule has 0 aliphatic heterocycles. The molecule has 7 heteroatoms. The Labute approximate surface area is 183 Å². The van der Waals surface area contributed by atoms with Crippen LogP contribution in [0.25, 0.3) is 0 Å². The first-order chi connectivity index (χ1) is 13.5. The van der Waals surface area contributed by atoms with Crippen molar-refractivity contribution in [3.63, 3.8) is 0 Å². The normalized spacial score (nSPS) is 10.9. The minimum absolute atomic E-state index is 0.382. The van der Waals surface area contributed by atoms with Gasteiger partial charge in [-0.05, 0) is 41.8 Å². The van der Waals surface area contributed by atoms with E-state index >= 15 is 0 Å². The van der Waals surface area contributed by atoms with Gasteiger partial charge in [0.1, 0.15) is 0 Å². The summed E-state index contributed by atoms with van der Waals surface area (Å²) in [5.74, 6) is 0. The van der Waals surface area contributed by atoms with Crippen LogP contribution < -0.4 is 9.80 Å². The summed E-state index contributed by atoms with van der Waals surface area (Å²) in [5.41, 5.74) is 4.67. The van der Waals surface area contributed by atoms with Crippen molar-refractivity contribution in [2.75, 3.05) is 51.1 Å². The molecule has 0 saturated carbocycles. The standard InChI is InChI=1S/C21H28N4.2ClH.Co/c1-24(2)20-10-6-18(7-11-20)16-22-14-5-15-23-17-19-8-12-21(13-9-19)25(3)4;;;/h6-13,16-17H,5,14-15H2,1-4H3;2*1H;/q;;;+2/p-2. The van der Waals surface area contributed by atoms with Crippen molar-refractivity contribution >= 4 is 44.1 Å². The molecule has 28 heavy (non-hydrogen) atoms. The summed E-state index contributed by atoms with van der Waals surface area (Å²) in [7, 11) is 17.6. The third-order valence-electron chi connectivity index (χ3n) is 3.87. The molecule has 0 radical (unpaired) electrons. The number of anilines is 2. The molecule has 2 aromatic rings. The van der Waals surface area contributed by atoms with E-state index in [4.69, 9.17) is 20.3 Å². The summed E-state index contributed by atoms with van der Waals surface area (Å²) in [6.07, 6.45) is 4.82. The first-order valence-electron chi connectivity index (χ1n) is 8.86. The van der Waals surface area contributed by atoms with Gasteiger partial charge in [0.2, 0.25) is 0 Å². The van der Waals surface area contributed by atoms with Gasteiger partial charge in [-0.15, -0.1) is 0 Å². The second-order valence-corrected chi connectivity index (χ2v) is 8.16. The number of aliphatic imine (C=N–C) groups is 2. The molecular weight excluding hydrogens is 438 g/mol. The second-order valence-electron chi connectivity index (χ2n) is 6.44. The fourth-order valence-corrected chi connectivity index (χ4v) is 2.31. The summed E-state index contributed by atoms with van der Waals surface area (Å²) < 4.78 is 0. The molecule has 0 aliphatic carbocycles. The molecule has 0 saturated heterocycles. The molecule has 0 unspecified atom stereocenters. The molecule has 2 rings (SSSR count). The van der Waals surface area contributed by atoms with Crippen molar-refractivity contribution in [2.45, 2.75) is 6.42 Å². The van der Waals surface area contributed by atoms with Gasteiger partial charge in [0.25, 0.3) is 0 Å². The van der Waals surface area contributed by atoms with Gasteiger partial charge in [0, 0.05) is 65.1 Å². The van der Waals surface area contributed by atoms with E-state index < -0.39 is 0 Å². The summed E-state index contributed by atoms with van der Waals surface area (Å²) >= 11 is 0.382. The Morgan fingerprint density at radius 2 is 1.04 bits per heavy atom. The van der Waals surface area contributed by atoms with Crippen LogP contribution in [0.2, 0.25) is 0 Å². The predicted molar refractivity (Wildman–Crippen MR) is 123 cm³/mol. The zero-order valence-corrected chi connectivity index (χ0v) is 19.3. The van der Waals surface area contributed by atoms with Crippen LogP contribution in [-0.4, -0.2) is 53.7 Å². The van der Waals surface area contributed by atoms with Crippen molar-refractivity contribution in [2.24, 2.45) is 9.98 Å². The van der Waals surface area contributed by atoms with E-state index in [0.29, 0.717) is 12.9 Å². The van der Waals surface area contributed by atoms with E-state index in [2.05, 4.69) is 68.3 Å².